The van der Waals surface area contributed by atoms with Crippen LogP contribution in [0.4, 0.5) is 4.79 Å². The van der Waals surface area contributed by atoms with Gasteiger partial charge in [-0.25, -0.2) is 0 Å². The smallest absolute Gasteiger partial charge is 0.652 e. The Bertz CT molecular complexity index is 64.0. The molecule has 0 aliphatic rings. The van der Waals surface area contributed by atoms with Crippen LogP contribution in [0.15, 0.2) is 5.34 Å². The molecule has 0 amide bonds. The molecule has 0 saturated carbocycles. The largest absolute Gasteiger partial charge is 2.00 e. The second-order valence-electron chi connectivity index (χ2n) is 0.325. The quantitative estimate of drug-likeness (QED) is 0.212. The summed E-state index contributed by atoms with van der Waals surface area (Å²) >= 11 is 0. The Morgan fingerprint density at radius 1 is 1.33 bits per heavy atom. The van der Waals surface area contributed by atoms with Crippen LogP contribution in [-0.4, -0.2) is 43.9 Å². The minimum atomic E-state index is -2.33. The molecule has 0 radical (unpaired) electrons. The Kier molecular flexibility index (Phi) is 56.5. The molecule has 0 N–H and O–H groups in total. The molecule has 0 saturated heterocycles. The van der Waals surface area contributed by atoms with E-state index in [-0.39, 0.29) is 89.1 Å². The number of hydrogen-bond donors (Lipinski definition) is 0. The molecule has 0 heterocycles. The summed E-state index contributed by atoms with van der Waals surface area (Å²) in [7, 11) is 0. The predicted molar refractivity (Wildman–Crippen MR) is 20.3 cm³/mol. The topological polar surface area (TPSA) is 116 Å². The zero-order valence-electron chi connectivity index (χ0n) is 4.70. The summed E-state index contributed by atoms with van der Waals surface area (Å²) in [6, 6.07) is 0. The van der Waals surface area contributed by atoms with E-state index in [1.165, 1.54) is 0 Å². The van der Waals surface area contributed by atoms with Gasteiger partial charge in [0.2, 0.25) is 0 Å². The summed E-state index contributed by atoms with van der Waals surface area (Å²) in [6.45, 7) is 0. The van der Waals surface area contributed by atoms with Gasteiger partial charge in [0.15, 0.2) is 0 Å². The molecule has 0 spiro atoms. The van der Waals surface area contributed by atoms with E-state index in [1.54, 1.807) is 0 Å². The Labute approximate surface area is 123 Å². The third kappa shape index (κ3) is 223. The first-order valence-electron chi connectivity index (χ1n) is 0.978. The van der Waals surface area contributed by atoms with Crippen molar-refractivity contribution in [3.8, 4) is 0 Å². The maximum absolute atomic E-state index is 8.33. The maximum atomic E-state index is 8.33. The van der Waals surface area contributed by atoms with Gasteiger partial charge in [-0.15, -0.1) is 5.34 Å². The molecule has 0 aliphatic carbocycles. The molecular formula is CCaKNO5. The van der Waals surface area contributed by atoms with E-state index in [0.717, 1.165) is 5.34 Å². The van der Waals surface area contributed by atoms with E-state index in [2.05, 4.69) is 0 Å². The average molecular weight is 185 g/mol. The van der Waals surface area contributed by atoms with Crippen molar-refractivity contribution in [1.29, 1.82) is 0 Å². The van der Waals surface area contributed by atoms with E-state index in [1.807, 2.05) is 0 Å². The summed E-state index contributed by atoms with van der Waals surface area (Å²) in [5.41, 5.74) is 0. The van der Waals surface area contributed by atoms with Crippen LogP contribution in [0.1, 0.15) is 0 Å². The number of hydrogen-bond acceptors (Lipinski definition) is 6. The molecule has 0 unspecified atom stereocenters. The van der Waals surface area contributed by atoms with Crippen LogP contribution in [-0.2, 0) is 0 Å². The Morgan fingerprint density at radius 2 is 1.33 bits per heavy atom. The fourth-order valence-electron chi connectivity index (χ4n) is 0. The molecule has 0 aromatic carbocycles. The molecule has 0 rings (SSSR count). The summed E-state index contributed by atoms with van der Waals surface area (Å²) in [6.07, 6.45) is -2.33. The van der Waals surface area contributed by atoms with Gasteiger partial charge in [-0.1, -0.05) is 0 Å². The monoisotopic (exact) mass is 185 g/mol. The van der Waals surface area contributed by atoms with Gasteiger partial charge in [0.25, 0.3) is 0 Å². The Hall–Kier alpha value is 1.57. The molecule has 0 atom stereocenters. The van der Waals surface area contributed by atoms with Gasteiger partial charge < -0.3 is 25.1 Å². The third-order valence-corrected chi connectivity index (χ3v) is 0. The van der Waals surface area contributed by atoms with E-state index in [4.69, 9.17) is 25.1 Å². The molecule has 9 heavy (non-hydrogen) atoms. The standard InChI is InChI=1S/CH2O3.Ca.K.HNO2/c2-1(3)4;;;2-1-3/h(H2,2,3,4);;;(H,2,3)/q;+2;+1;/p-3. The zero-order chi connectivity index (χ0) is 6.28. The second-order valence-corrected chi connectivity index (χ2v) is 0.325. The van der Waals surface area contributed by atoms with Crippen LogP contribution in [0.2, 0.25) is 0 Å². The second kappa shape index (κ2) is 22.7. The molecular weight excluding hydrogens is 185 g/mol. The first kappa shape index (κ1) is 22.4. The summed E-state index contributed by atoms with van der Waals surface area (Å²) in [5, 5.41) is 25.7. The zero-order valence-corrected chi connectivity index (χ0v) is 10.0. The van der Waals surface area contributed by atoms with Crippen LogP contribution in [0.5, 0.6) is 0 Å². The predicted octanol–water partition coefficient (Wildman–Crippen LogP) is -5.57. The van der Waals surface area contributed by atoms with Crippen LogP contribution in [0.25, 0.3) is 0 Å². The number of carbonyl (C=O) groups excluding carboxylic acids is 1. The minimum absolute atomic E-state index is 0. The maximum Gasteiger partial charge on any atom is 2.00 e. The molecule has 6 nitrogen and oxygen atoms in total. The molecule has 0 aromatic heterocycles. The van der Waals surface area contributed by atoms with E-state index < -0.39 is 6.16 Å². The molecule has 8 heteroatoms. The molecule has 42 valence electrons. The molecule has 0 aromatic rings. The van der Waals surface area contributed by atoms with Gasteiger partial charge in [-0.05, 0) is 6.16 Å². The third-order valence-electron chi connectivity index (χ3n) is 0. The Morgan fingerprint density at radius 3 is 1.33 bits per heavy atom. The van der Waals surface area contributed by atoms with Crippen LogP contribution >= 0.6 is 0 Å². The fourth-order valence-corrected chi connectivity index (χ4v) is 0. The van der Waals surface area contributed by atoms with Gasteiger partial charge in [-0.2, -0.15) is 0 Å². The van der Waals surface area contributed by atoms with Crippen LogP contribution in [0.3, 0.4) is 0 Å². The number of carbonyl (C=O) groups is 1. The summed E-state index contributed by atoms with van der Waals surface area (Å²) in [4.78, 5) is 16.3. The fraction of sp³-hybridized carbons (Fsp3) is 0. The molecule has 0 fully saturated rings. The van der Waals surface area contributed by atoms with Crippen molar-refractivity contribution in [3.05, 3.63) is 10.1 Å². The van der Waals surface area contributed by atoms with Crippen molar-refractivity contribution in [2.75, 3.05) is 0 Å². The van der Waals surface area contributed by atoms with Crippen molar-refractivity contribution in [3.63, 3.8) is 0 Å². The van der Waals surface area contributed by atoms with Crippen LogP contribution in [0, 0.1) is 10.1 Å². The molecule has 0 bridgehead atoms. The van der Waals surface area contributed by atoms with E-state index >= 15 is 0 Å². The van der Waals surface area contributed by atoms with E-state index in [0.29, 0.717) is 0 Å². The van der Waals surface area contributed by atoms with Gasteiger partial charge in [-0.3, -0.25) is 0 Å². The molecule has 0 aliphatic heterocycles. The number of rotatable bonds is 0. The van der Waals surface area contributed by atoms with Gasteiger partial charge in [0, 0.05) is 0 Å². The van der Waals surface area contributed by atoms with Crippen molar-refractivity contribution in [1.82, 2.24) is 0 Å². The van der Waals surface area contributed by atoms with Crippen molar-refractivity contribution in [2.45, 2.75) is 0 Å². The number of carboxylic acid groups (broad SMARTS) is 2. The van der Waals surface area contributed by atoms with Crippen molar-refractivity contribution in [2.24, 2.45) is 5.34 Å². The Balaban J connectivity index is -0.0000000233. The normalized spacial score (nSPS) is 4.00. The average Bonchev–Trinajstić information content (AvgIpc) is 1.33. The summed E-state index contributed by atoms with van der Waals surface area (Å²) < 4.78 is 0. The van der Waals surface area contributed by atoms with Crippen molar-refractivity contribution < 1.29 is 66.4 Å². The van der Waals surface area contributed by atoms with Crippen LogP contribution < -0.4 is 61.6 Å². The minimum Gasteiger partial charge on any atom is -0.652 e. The SMILES string of the molecule is O=C([O-])[O-].O=N[O-].[Ca+2].[K+]. The van der Waals surface area contributed by atoms with Gasteiger partial charge in [0.1, 0.15) is 0 Å². The first-order chi connectivity index (χ1) is 3.15. The van der Waals surface area contributed by atoms with Gasteiger partial charge in [0.05, 0.1) is 0 Å². The van der Waals surface area contributed by atoms with Gasteiger partial charge >= 0.3 is 89.1 Å². The number of nitrogens with zero attached hydrogens (tertiary/aromatic N) is 1. The first-order valence-corrected chi connectivity index (χ1v) is 0.978. The van der Waals surface area contributed by atoms with Crippen molar-refractivity contribution >= 4 is 43.9 Å². The summed E-state index contributed by atoms with van der Waals surface area (Å²) in [5.74, 6) is 0. The van der Waals surface area contributed by atoms with E-state index in [9.17, 15) is 0 Å².